The Morgan fingerprint density at radius 3 is 2.92 bits per heavy atom. The Kier molecular flexibility index (Phi) is 4.59. The molecule has 5 nitrogen and oxygen atoms in total. The minimum Gasteiger partial charge on any atom is -0.510 e. The Labute approximate surface area is 161 Å². The van der Waals surface area contributed by atoms with Gasteiger partial charge in [-0.05, 0) is 30.5 Å². The van der Waals surface area contributed by atoms with Gasteiger partial charge in [-0.3, -0.25) is 0 Å². The van der Waals surface area contributed by atoms with E-state index in [1.165, 1.54) is 29.4 Å². The van der Waals surface area contributed by atoms with Crippen molar-refractivity contribution >= 4 is 60.4 Å². The maximum absolute atomic E-state index is 10.7. The van der Waals surface area contributed by atoms with E-state index in [1.807, 2.05) is 42.6 Å². The highest BCUT2D eigenvalue weighted by molar-refractivity contribution is 8.00. The highest BCUT2D eigenvalue weighted by atomic mass is 32.2. The number of hydrogen-bond acceptors (Lipinski definition) is 8. The molecule has 128 valence electrons. The number of para-hydroxylation sites is 1. The van der Waals surface area contributed by atoms with Crippen LogP contribution in [0.1, 0.15) is 11.9 Å². The van der Waals surface area contributed by atoms with Crippen LogP contribution in [0.3, 0.4) is 0 Å². The van der Waals surface area contributed by atoms with Gasteiger partial charge in [0.1, 0.15) is 38.6 Å². The van der Waals surface area contributed by atoms with Crippen molar-refractivity contribution in [1.29, 1.82) is 5.26 Å². The van der Waals surface area contributed by atoms with Crippen LogP contribution >= 0.6 is 34.4 Å². The number of aliphatic hydroxyl groups excluding tert-OH is 1. The van der Waals surface area contributed by atoms with E-state index < -0.39 is 0 Å². The molecule has 0 fully saturated rings. The molecular formula is C18H12N4OS3. The SMILES string of the molecule is CC(Sc1ncnc2sccc12)/C(O)=C(\C#N)c1nc2ccccc2s1. The van der Waals surface area contributed by atoms with Crippen LogP contribution in [0.2, 0.25) is 0 Å². The molecule has 1 atom stereocenters. The van der Waals surface area contributed by atoms with Crippen LogP contribution in [0, 0.1) is 11.3 Å². The van der Waals surface area contributed by atoms with Crippen LogP contribution in [0.25, 0.3) is 26.0 Å². The van der Waals surface area contributed by atoms with Crippen LogP contribution in [-0.4, -0.2) is 25.3 Å². The van der Waals surface area contributed by atoms with Crippen LogP contribution < -0.4 is 0 Å². The Morgan fingerprint density at radius 2 is 2.12 bits per heavy atom. The van der Waals surface area contributed by atoms with E-state index in [9.17, 15) is 10.4 Å². The monoisotopic (exact) mass is 396 g/mol. The first-order valence-corrected chi connectivity index (χ1v) is 10.3. The molecule has 0 bridgehead atoms. The van der Waals surface area contributed by atoms with Crippen molar-refractivity contribution in [2.45, 2.75) is 17.2 Å². The number of fused-ring (bicyclic) bond motifs is 2. The molecule has 26 heavy (non-hydrogen) atoms. The highest BCUT2D eigenvalue weighted by Gasteiger charge is 2.20. The minimum atomic E-state index is -0.338. The topological polar surface area (TPSA) is 82.7 Å². The molecule has 0 aliphatic carbocycles. The number of thiophene rings is 1. The van der Waals surface area contributed by atoms with Gasteiger partial charge in [-0.25, -0.2) is 15.0 Å². The van der Waals surface area contributed by atoms with Crippen molar-refractivity contribution in [3.8, 4) is 6.07 Å². The van der Waals surface area contributed by atoms with E-state index in [-0.39, 0.29) is 16.6 Å². The van der Waals surface area contributed by atoms with Gasteiger partial charge in [0.15, 0.2) is 0 Å². The van der Waals surface area contributed by atoms with Gasteiger partial charge in [-0.2, -0.15) is 5.26 Å². The summed E-state index contributed by atoms with van der Waals surface area (Å²) >= 11 is 4.35. The molecule has 0 aliphatic rings. The third kappa shape index (κ3) is 3.05. The van der Waals surface area contributed by atoms with Gasteiger partial charge in [0.25, 0.3) is 0 Å². The fraction of sp³-hybridized carbons (Fsp3) is 0.111. The third-order valence-electron chi connectivity index (χ3n) is 3.77. The zero-order valence-electron chi connectivity index (χ0n) is 13.6. The van der Waals surface area contributed by atoms with E-state index in [2.05, 4.69) is 21.0 Å². The Morgan fingerprint density at radius 1 is 1.27 bits per heavy atom. The van der Waals surface area contributed by atoms with Crippen LogP contribution in [0.4, 0.5) is 0 Å². The molecule has 4 rings (SSSR count). The second-order valence-electron chi connectivity index (χ2n) is 5.44. The van der Waals surface area contributed by atoms with Gasteiger partial charge in [-0.15, -0.1) is 22.7 Å². The molecule has 3 heterocycles. The Bertz CT molecular complexity index is 1140. The molecule has 0 saturated carbocycles. The van der Waals surface area contributed by atoms with E-state index in [0.29, 0.717) is 5.01 Å². The van der Waals surface area contributed by atoms with Crippen molar-refractivity contribution in [2.24, 2.45) is 0 Å². The molecule has 0 radical (unpaired) electrons. The fourth-order valence-electron chi connectivity index (χ4n) is 2.48. The maximum Gasteiger partial charge on any atom is 0.138 e. The first-order chi connectivity index (χ1) is 12.7. The molecule has 3 aromatic heterocycles. The zero-order chi connectivity index (χ0) is 18.1. The van der Waals surface area contributed by atoms with Gasteiger partial charge < -0.3 is 5.11 Å². The quantitative estimate of drug-likeness (QED) is 0.219. The number of thioether (sulfide) groups is 1. The summed E-state index contributed by atoms with van der Waals surface area (Å²) < 4.78 is 0.985. The van der Waals surface area contributed by atoms with Crippen molar-refractivity contribution in [1.82, 2.24) is 15.0 Å². The Balaban J connectivity index is 1.70. The number of rotatable bonds is 4. The fourth-order valence-corrected chi connectivity index (χ4v) is 5.21. The first-order valence-electron chi connectivity index (χ1n) is 7.71. The summed E-state index contributed by atoms with van der Waals surface area (Å²) in [6, 6.07) is 11.8. The van der Waals surface area contributed by atoms with Gasteiger partial charge >= 0.3 is 0 Å². The number of allylic oxidation sites excluding steroid dienone is 1. The summed E-state index contributed by atoms with van der Waals surface area (Å²) in [5.41, 5.74) is 1.03. The number of thiazole rings is 1. The average Bonchev–Trinajstić information content (AvgIpc) is 3.29. The number of aromatic nitrogens is 3. The van der Waals surface area contributed by atoms with Gasteiger partial charge in [-0.1, -0.05) is 23.9 Å². The molecule has 0 spiro atoms. The standard InChI is InChI=1S/C18H12N4OS3/c1-10(25-17-11-6-7-24-16(11)20-9-21-17)15(23)12(8-19)18-22-13-4-2-3-5-14(13)26-18/h2-7,9-10,23H,1H3/b15-12-. The smallest absolute Gasteiger partial charge is 0.138 e. The minimum absolute atomic E-state index is 0.0125. The summed E-state index contributed by atoms with van der Waals surface area (Å²) in [6.07, 6.45) is 1.52. The number of hydrogen-bond donors (Lipinski definition) is 1. The summed E-state index contributed by atoms with van der Waals surface area (Å²) in [5.74, 6) is 0.0125. The third-order valence-corrected chi connectivity index (χ3v) is 6.77. The van der Waals surface area contributed by atoms with E-state index in [1.54, 1.807) is 11.3 Å². The molecule has 1 N–H and O–H groups in total. The summed E-state index contributed by atoms with van der Waals surface area (Å²) in [4.78, 5) is 13.9. The number of nitrogens with zero attached hydrogens (tertiary/aromatic N) is 4. The molecule has 0 amide bonds. The van der Waals surface area contributed by atoms with Crippen molar-refractivity contribution in [3.05, 3.63) is 52.8 Å². The van der Waals surface area contributed by atoms with Gasteiger partial charge in [0.05, 0.1) is 15.5 Å². The van der Waals surface area contributed by atoms with Crippen molar-refractivity contribution in [2.75, 3.05) is 0 Å². The summed E-state index contributed by atoms with van der Waals surface area (Å²) in [7, 11) is 0. The van der Waals surface area contributed by atoms with Gasteiger partial charge in [0.2, 0.25) is 0 Å². The lowest BCUT2D eigenvalue weighted by Gasteiger charge is -2.11. The van der Waals surface area contributed by atoms with Crippen LogP contribution in [0.15, 0.2) is 52.8 Å². The lowest BCUT2D eigenvalue weighted by atomic mass is 10.2. The molecule has 4 aromatic rings. The normalized spacial score (nSPS) is 13.5. The molecule has 1 unspecified atom stereocenters. The van der Waals surface area contributed by atoms with Gasteiger partial charge in [0, 0.05) is 5.39 Å². The first kappa shape index (κ1) is 17.0. The summed E-state index contributed by atoms with van der Waals surface area (Å²) in [5, 5.41) is 24.2. The van der Waals surface area contributed by atoms with Crippen molar-refractivity contribution < 1.29 is 5.11 Å². The van der Waals surface area contributed by atoms with Crippen LogP contribution in [0.5, 0.6) is 0 Å². The molecule has 0 saturated heterocycles. The number of benzene rings is 1. The van der Waals surface area contributed by atoms with E-state index in [4.69, 9.17) is 0 Å². The van der Waals surface area contributed by atoms with Crippen molar-refractivity contribution in [3.63, 3.8) is 0 Å². The second-order valence-corrected chi connectivity index (χ2v) is 8.69. The number of aliphatic hydroxyl groups is 1. The molecule has 0 aliphatic heterocycles. The largest absolute Gasteiger partial charge is 0.510 e. The second kappa shape index (κ2) is 7.03. The predicted octanol–water partition coefficient (Wildman–Crippen LogP) is 5.27. The molecule has 8 heteroatoms. The maximum atomic E-state index is 10.7. The zero-order valence-corrected chi connectivity index (χ0v) is 16.0. The Hall–Kier alpha value is -2.47. The van der Waals surface area contributed by atoms with E-state index in [0.717, 1.165) is 25.5 Å². The molecule has 1 aromatic carbocycles. The summed E-state index contributed by atoms with van der Waals surface area (Å²) in [6.45, 7) is 1.85. The van der Waals surface area contributed by atoms with E-state index >= 15 is 0 Å². The molecular weight excluding hydrogens is 384 g/mol. The predicted molar refractivity (Wildman–Crippen MR) is 108 cm³/mol. The lowest BCUT2D eigenvalue weighted by Crippen LogP contribution is -2.04. The van der Waals surface area contributed by atoms with Crippen LogP contribution in [-0.2, 0) is 0 Å². The highest BCUT2D eigenvalue weighted by Crippen LogP contribution is 2.35. The number of nitriles is 1. The average molecular weight is 397 g/mol. The lowest BCUT2D eigenvalue weighted by molar-refractivity contribution is 0.402.